The number of hydrogen-bond acceptors (Lipinski definition) is 6. The fourth-order valence-electron chi connectivity index (χ4n) is 3.21. The molecule has 0 fully saturated rings. The fraction of sp³-hybridized carbons (Fsp3) is 0.167. The van der Waals surface area contributed by atoms with Gasteiger partial charge in [0.25, 0.3) is 5.56 Å². The molecule has 0 aliphatic rings. The first kappa shape index (κ1) is 25.9. The van der Waals surface area contributed by atoms with Gasteiger partial charge in [0.1, 0.15) is 9.63 Å². The highest BCUT2D eigenvalue weighted by atomic mass is 79.9. The number of aromatic nitrogens is 4. The first-order valence-electron chi connectivity index (χ1n) is 10.2. The van der Waals surface area contributed by atoms with E-state index < -0.39 is 0 Å². The Labute approximate surface area is 219 Å². The number of hydrogen-bond donors (Lipinski definition) is 3. The van der Waals surface area contributed by atoms with E-state index in [9.17, 15) is 4.79 Å². The molecular weight excluding hydrogens is 584 g/mol. The summed E-state index contributed by atoms with van der Waals surface area (Å²) in [6.45, 7) is 8.15. The van der Waals surface area contributed by atoms with Crippen molar-refractivity contribution in [1.82, 2.24) is 19.9 Å². The van der Waals surface area contributed by atoms with E-state index in [0.29, 0.717) is 26.0 Å². The van der Waals surface area contributed by atoms with Crippen LogP contribution < -0.4 is 16.2 Å². The fourth-order valence-corrected chi connectivity index (χ4v) is 3.73. The van der Waals surface area contributed by atoms with Gasteiger partial charge in [-0.2, -0.15) is 4.98 Å². The minimum absolute atomic E-state index is 0.202. The van der Waals surface area contributed by atoms with E-state index in [4.69, 9.17) is 11.6 Å². The zero-order valence-electron chi connectivity index (χ0n) is 19.0. The third kappa shape index (κ3) is 7.65. The van der Waals surface area contributed by atoms with E-state index in [-0.39, 0.29) is 5.56 Å². The van der Waals surface area contributed by atoms with Crippen molar-refractivity contribution in [1.29, 1.82) is 0 Å². The number of nitrogens with one attached hydrogen (secondary N) is 3. The molecule has 0 spiro atoms. The third-order valence-electron chi connectivity index (χ3n) is 4.42. The molecule has 2 heterocycles. The molecule has 0 saturated heterocycles. The summed E-state index contributed by atoms with van der Waals surface area (Å²) in [6.07, 6.45) is 3.10. The van der Waals surface area contributed by atoms with Crippen molar-refractivity contribution in [3.8, 4) is 0 Å². The van der Waals surface area contributed by atoms with Gasteiger partial charge in [-0.05, 0) is 106 Å². The maximum atomic E-state index is 11.4. The molecule has 7 nitrogen and oxygen atoms in total. The molecule has 0 unspecified atom stereocenters. The van der Waals surface area contributed by atoms with Crippen LogP contribution in [0.2, 0.25) is 5.15 Å². The normalized spacial score (nSPS) is 10.3. The Morgan fingerprint density at radius 3 is 1.76 bits per heavy atom. The van der Waals surface area contributed by atoms with Crippen molar-refractivity contribution in [3.63, 3.8) is 0 Å². The van der Waals surface area contributed by atoms with Crippen LogP contribution in [-0.2, 0) is 0 Å². The topological polar surface area (TPSA) is 95.6 Å². The second kappa shape index (κ2) is 11.6. The summed E-state index contributed by atoms with van der Waals surface area (Å²) in [5.41, 5.74) is 6.37. The highest BCUT2D eigenvalue weighted by molar-refractivity contribution is 9.10. The number of benzene rings is 2. The van der Waals surface area contributed by atoms with Gasteiger partial charge in [0.2, 0.25) is 11.9 Å². The van der Waals surface area contributed by atoms with Gasteiger partial charge in [-0.3, -0.25) is 9.78 Å². The largest absolute Gasteiger partial charge is 0.326 e. The van der Waals surface area contributed by atoms with Crippen molar-refractivity contribution in [2.24, 2.45) is 0 Å². The van der Waals surface area contributed by atoms with Gasteiger partial charge in [-0.25, -0.2) is 9.97 Å². The van der Waals surface area contributed by atoms with Crippen molar-refractivity contribution in [2.75, 3.05) is 10.6 Å². The number of aryl methyl sites for hydroxylation is 4. The average molecular weight is 607 g/mol. The lowest BCUT2D eigenvalue weighted by Gasteiger charge is -2.07. The van der Waals surface area contributed by atoms with Gasteiger partial charge in [0.15, 0.2) is 0 Å². The van der Waals surface area contributed by atoms with E-state index in [1.165, 1.54) is 17.3 Å². The first-order valence-corrected chi connectivity index (χ1v) is 12.2. The Morgan fingerprint density at radius 1 is 0.765 bits per heavy atom. The maximum Gasteiger partial charge on any atom is 0.266 e. The predicted octanol–water partition coefficient (Wildman–Crippen LogP) is 7.15. The van der Waals surface area contributed by atoms with Gasteiger partial charge in [0, 0.05) is 17.6 Å². The quantitative estimate of drug-likeness (QED) is 0.214. The minimum Gasteiger partial charge on any atom is -0.326 e. The van der Waals surface area contributed by atoms with Crippen LogP contribution in [0.25, 0.3) is 0 Å². The van der Waals surface area contributed by atoms with Gasteiger partial charge >= 0.3 is 0 Å². The minimum atomic E-state index is -0.202. The number of halogens is 3. The number of H-pyrrole nitrogens is 1. The lowest BCUT2D eigenvalue weighted by atomic mass is 10.1. The van der Waals surface area contributed by atoms with Crippen LogP contribution in [0.4, 0.5) is 23.3 Å². The molecule has 176 valence electrons. The zero-order valence-corrected chi connectivity index (χ0v) is 22.9. The summed E-state index contributed by atoms with van der Waals surface area (Å²) >= 11 is 12.3. The predicted molar refractivity (Wildman–Crippen MR) is 146 cm³/mol. The van der Waals surface area contributed by atoms with Crippen LogP contribution in [-0.4, -0.2) is 19.9 Å². The molecule has 3 N–H and O–H groups in total. The molecule has 4 aromatic rings. The molecule has 4 rings (SSSR count). The van der Waals surface area contributed by atoms with Crippen LogP contribution in [0.15, 0.2) is 62.5 Å². The Kier molecular flexibility index (Phi) is 8.82. The van der Waals surface area contributed by atoms with Gasteiger partial charge < -0.3 is 10.6 Å². The Hall–Kier alpha value is -2.75. The lowest BCUT2D eigenvalue weighted by Crippen LogP contribution is -2.10. The molecule has 0 radical (unpaired) electrons. The van der Waals surface area contributed by atoms with Crippen molar-refractivity contribution >= 4 is 66.7 Å². The zero-order chi connectivity index (χ0) is 24.8. The highest BCUT2D eigenvalue weighted by Crippen LogP contribution is 2.22. The SMILES string of the molecule is Cc1cc(C)cc(Nc2ncc(Br)c(=O)[nH]2)c1.Cc1cc(C)cc(Nc2ncc(Br)c(Cl)n2)c1. The van der Waals surface area contributed by atoms with Crippen molar-refractivity contribution in [2.45, 2.75) is 27.7 Å². The first-order chi connectivity index (χ1) is 16.1. The van der Waals surface area contributed by atoms with Gasteiger partial charge in [0.05, 0.1) is 10.7 Å². The summed E-state index contributed by atoms with van der Waals surface area (Å²) in [5.74, 6) is 0.923. The van der Waals surface area contributed by atoms with Gasteiger partial charge in [-0.15, -0.1) is 0 Å². The Balaban J connectivity index is 0.000000191. The van der Waals surface area contributed by atoms with E-state index in [1.54, 1.807) is 6.20 Å². The third-order valence-corrected chi connectivity index (χ3v) is 6.08. The molecule has 2 aromatic heterocycles. The van der Waals surface area contributed by atoms with Crippen LogP contribution in [0, 0.1) is 27.7 Å². The number of anilines is 4. The molecule has 0 bridgehead atoms. The molecule has 0 aliphatic carbocycles. The lowest BCUT2D eigenvalue weighted by molar-refractivity contribution is 1.10. The molecule has 34 heavy (non-hydrogen) atoms. The van der Waals surface area contributed by atoms with E-state index in [1.807, 2.05) is 52.0 Å². The monoisotopic (exact) mass is 604 g/mol. The van der Waals surface area contributed by atoms with E-state index >= 15 is 0 Å². The molecule has 10 heteroatoms. The number of aromatic amines is 1. The van der Waals surface area contributed by atoms with Crippen LogP contribution >= 0.6 is 43.5 Å². The van der Waals surface area contributed by atoms with Crippen molar-refractivity contribution < 1.29 is 0 Å². The average Bonchev–Trinajstić information content (AvgIpc) is 2.72. The number of nitrogens with zero attached hydrogens (tertiary/aromatic N) is 3. The van der Waals surface area contributed by atoms with Crippen LogP contribution in [0.5, 0.6) is 0 Å². The molecule has 0 atom stereocenters. The molecule has 2 aromatic carbocycles. The van der Waals surface area contributed by atoms with E-state index in [2.05, 4.69) is 74.6 Å². The Morgan fingerprint density at radius 2 is 1.26 bits per heavy atom. The van der Waals surface area contributed by atoms with E-state index in [0.717, 1.165) is 22.5 Å². The second-order valence-electron chi connectivity index (χ2n) is 7.74. The molecule has 0 aliphatic heterocycles. The molecule has 0 saturated carbocycles. The van der Waals surface area contributed by atoms with Crippen LogP contribution in [0.1, 0.15) is 22.3 Å². The summed E-state index contributed by atoms with van der Waals surface area (Å²) in [7, 11) is 0. The van der Waals surface area contributed by atoms with Gasteiger partial charge in [-0.1, -0.05) is 23.7 Å². The maximum absolute atomic E-state index is 11.4. The molecular formula is C24H23Br2ClN6O. The second-order valence-corrected chi connectivity index (χ2v) is 9.81. The standard InChI is InChI=1S/C12H11BrClN3.C12H12BrN3O/c1-7-3-8(2)5-9(4-7)16-12-15-6-10(13)11(14)17-12;1-7-3-8(2)5-9(4-7)15-12-14-6-10(13)11(17)16-12/h3-6H,1-2H3,(H,15,16,17);3-6H,1-2H3,(H2,14,15,16,17). The van der Waals surface area contributed by atoms with Crippen LogP contribution in [0.3, 0.4) is 0 Å². The highest BCUT2D eigenvalue weighted by Gasteiger charge is 2.04. The summed E-state index contributed by atoms with van der Waals surface area (Å²) in [4.78, 5) is 26.4. The summed E-state index contributed by atoms with van der Waals surface area (Å²) in [5, 5.41) is 6.59. The smallest absolute Gasteiger partial charge is 0.266 e. The number of rotatable bonds is 4. The molecule has 0 amide bonds. The van der Waals surface area contributed by atoms with Crippen molar-refractivity contribution in [3.05, 3.63) is 95.5 Å². The summed E-state index contributed by atoms with van der Waals surface area (Å²) < 4.78 is 1.11. The summed E-state index contributed by atoms with van der Waals surface area (Å²) in [6, 6.07) is 12.3. The Bertz CT molecular complexity index is 1340.